The van der Waals surface area contributed by atoms with Crippen LogP contribution in [0.4, 0.5) is 11.4 Å². The van der Waals surface area contributed by atoms with Gasteiger partial charge < -0.3 is 20.2 Å². The zero-order valence-corrected chi connectivity index (χ0v) is 23.6. The minimum atomic E-state index is 0.237. The van der Waals surface area contributed by atoms with Crippen LogP contribution in [0.2, 0.25) is 0 Å². The first-order chi connectivity index (χ1) is 18.5. The van der Waals surface area contributed by atoms with E-state index in [2.05, 4.69) is 61.8 Å². The first-order valence-corrected chi connectivity index (χ1v) is 14.3. The molecule has 2 fully saturated rings. The summed E-state index contributed by atoms with van der Waals surface area (Å²) in [4.78, 5) is 18.5. The van der Waals surface area contributed by atoms with E-state index in [0.717, 1.165) is 57.2 Å². The van der Waals surface area contributed by atoms with Gasteiger partial charge in [0.15, 0.2) is 0 Å². The number of piperazine rings is 1. The third kappa shape index (κ3) is 8.33. The predicted octanol–water partition coefficient (Wildman–Crippen LogP) is 5.91. The molecule has 8 heteroatoms. The molecule has 3 N–H and O–H groups in total. The Labute approximate surface area is 231 Å². The number of aromatic hydroxyl groups is 1. The standard InChI is InChI=1S/C20H26N4S.C8H9NO2.C2H6/c21-20(16-22-8-1-2-9-22)24-12-10-23(11-13-24)18-6-3-5-17(15-18)19-7-4-14-25-19;1-6-4-7(9-5-10)2-3-8(6)11;1-2/h3-7,14-15,21H,1-2,8-13,16H2;2-5,11H,1H3,(H,9,10);1-2H3. The molecule has 2 aliphatic heterocycles. The molecule has 1 amide bonds. The van der Waals surface area contributed by atoms with Crippen LogP contribution in [0.25, 0.3) is 10.4 Å². The molecule has 0 spiro atoms. The summed E-state index contributed by atoms with van der Waals surface area (Å²) in [6.45, 7) is 12.8. The van der Waals surface area contributed by atoms with Crippen molar-refractivity contribution in [3.8, 4) is 16.2 Å². The smallest absolute Gasteiger partial charge is 0.211 e. The minimum absolute atomic E-state index is 0.237. The van der Waals surface area contributed by atoms with Crippen molar-refractivity contribution in [1.82, 2.24) is 9.80 Å². The molecule has 0 unspecified atom stereocenters. The molecule has 5 rings (SSSR count). The van der Waals surface area contributed by atoms with E-state index in [4.69, 9.17) is 10.5 Å². The van der Waals surface area contributed by atoms with Gasteiger partial charge in [-0.2, -0.15) is 0 Å². The van der Waals surface area contributed by atoms with Crippen LogP contribution in [0.5, 0.6) is 5.75 Å². The van der Waals surface area contributed by atoms with Gasteiger partial charge in [-0.15, -0.1) is 11.3 Å². The van der Waals surface area contributed by atoms with Gasteiger partial charge in [-0.25, -0.2) is 0 Å². The number of rotatable bonds is 6. The quantitative estimate of drug-likeness (QED) is 0.158. The van der Waals surface area contributed by atoms with E-state index in [1.165, 1.54) is 29.0 Å². The van der Waals surface area contributed by atoms with Gasteiger partial charge in [0.1, 0.15) is 11.6 Å². The number of phenolic OH excluding ortho intramolecular Hbond substituents is 1. The van der Waals surface area contributed by atoms with E-state index >= 15 is 0 Å². The van der Waals surface area contributed by atoms with Crippen molar-refractivity contribution >= 4 is 35.0 Å². The zero-order chi connectivity index (χ0) is 27.3. The molecule has 204 valence electrons. The summed E-state index contributed by atoms with van der Waals surface area (Å²) >= 11 is 1.79. The van der Waals surface area contributed by atoms with Crippen molar-refractivity contribution in [3.05, 3.63) is 65.5 Å². The second-order valence-corrected chi connectivity index (χ2v) is 10.1. The molecule has 0 bridgehead atoms. The number of nitrogens with zero attached hydrogens (tertiary/aromatic N) is 3. The molecule has 0 radical (unpaired) electrons. The molecule has 1 aromatic heterocycles. The van der Waals surface area contributed by atoms with Crippen LogP contribution in [0.3, 0.4) is 0 Å². The molecule has 3 aromatic rings. The molecule has 2 aliphatic rings. The number of hydrogen-bond donors (Lipinski definition) is 3. The number of benzene rings is 2. The van der Waals surface area contributed by atoms with Crippen LogP contribution in [0.1, 0.15) is 32.3 Å². The number of aryl methyl sites for hydroxylation is 1. The Morgan fingerprint density at radius 3 is 2.37 bits per heavy atom. The lowest BCUT2D eigenvalue weighted by Crippen LogP contribution is -2.50. The number of carbonyl (C=O) groups is 1. The van der Waals surface area contributed by atoms with E-state index in [9.17, 15) is 4.79 Å². The lowest BCUT2D eigenvalue weighted by atomic mass is 10.1. The second kappa shape index (κ2) is 15.1. The summed E-state index contributed by atoms with van der Waals surface area (Å²) in [6, 6.07) is 18.0. The van der Waals surface area contributed by atoms with E-state index in [1.54, 1.807) is 36.5 Å². The molecule has 38 heavy (non-hydrogen) atoms. The van der Waals surface area contributed by atoms with Gasteiger partial charge in [-0.1, -0.05) is 32.0 Å². The lowest BCUT2D eigenvalue weighted by molar-refractivity contribution is -0.105. The minimum Gasteiger partial charge on any atom is -0.508 e. The monoisotopic (exact) mass is 535 g/mol. The van der Waals surface area contributed by atoms with Crippen molar-refractivity contribution in [2.24, 2.45) is 0 Å². The number of carbonyl (C=O) groups excluding carboxylic acids is 1. The Balaban J connectivity index is 0.000000259. The summed E-state index contributed by atoms with van der Waals surface area (Å²) in [5, 5.41) is 22.1. The Hall–Kier alpha value is -3.36. The van der Waals surface area contributed by atoms with E-state index < -0.39 is 0 Å². The summed E-state index contributed by atoms with van der Waals surface area (Å²) in [6.07, 6.45) is 3.19. The fourth-order valence-electron chi connectivity index (χ4n) is 4.60. The fourth-order valence-corrected chi connectivity index (χ4v) is 5.32. The Kier molecular flexibility index (Phi) is 11.6. The van der Waals surface area contributed by atoms with Gasteiger partial charge in [0.05, 0.1) is 6.54 Å². The Bertz CT molecular complexity index is 1140. The van der Waals surface area contributed by atoms with Crippen LogP contribution < -0.4 is 10.2 Å². The normalized spacial score (nSPS) is 15.1. The lowest BCUT2D eigenvalue weighted by Gasteiger charge is -2.38. The molecule has 7 nitrogen and oxygen atoms in total. The number of anilines is 2. The predicted molar refractivity (Wildman–Crippen MR) is 161 cm³/mol. The maximum absolute atomic E-state index is 10.00. The van der Waals surface area contributed by atoms with Gasteiger partial charge in [0.2, 0.25) is 6.41 Å². The first-order valence-electron chi connectivity index (χ1n) is 13.5. The van der Waals surface area contributed by atoms with Crippen molar-refractivity contribution in [3.63, 3.8) is 0 Å². The second-order valence-electron chi connectivity index (χ2n) is 9.20. The van der Waals surface area contributed by atoms with Gasteiger partial charge in [-0.3, -0.25) is 15.1 Å². The maximum Gasteiger partial charge on any atom is 0.211 e. The number of phenols is 1. The van der Waals surface area contributed by atoms with Crippen LogP contribution in [0, 0.1) is 12.3 Å². The van der Waals surface area contributed by atoms with Crippen molar-refractivity contribution < 1.29 is 9.90 Å². The number of amides is 1. The third-order valence-corrected chi connectivity index (χ3v) is 7.59. The topological polar surface area (TPSA) is 82.9 Å². The summed E-state index contributed by atoms with van der Waals surface area (Å²) < 4.78 is 0. The summed E-state index contributed by atoms with van der Waals surface area (Å²) in [5.74, 6) is 1.04. The largest absolute Gasteiger partial charge is 0.508 e. The average Bonchev–Trinajstić information content (AvgIpc) is 3.68. The van der Waals surface area contributed by atoms with Crippen LogP contribution in [-0.2, 0) is 4.79 Å². The maximum atomic E-state index is 10.00. The van der Waals surface area contributed by atoms with Crippen LogP contribution in [0.15, 0.2) is 60.0 Å². The molecular weight excluding hydrogens is 494 g/mol. The number of thiophene rings is 1. The molecule has 2 aromatic carbocycles. The molecule has 0 aliphatic carbocycles. The van der Waals surface area contributed by atoms with E-state index in [1.807, 2.05) is 13.8 Å². The highest BCUT2D eigenvalue weighted by Gasteiger charge is 2.22. The van der Waals surface area contributed by atoms with E-state index in [0.29, 0.717) is 12.1 Å². The highest BCUT2D eigenvalue weighted by Crippen LogP contribution is 2.28. The highest BCUT2D eigenvalue weighted by molar-refractivity contribution is 7.13. The van der Waals surface area contributed by atoms with Gasteiger partial charge in [0, 0.05) is 42.4 Å². The van der Waals surface area contributed by atoms with Crippen LogP contribution >= 0.6 is 11.3 Å². The molecular formula is C30H41N5O2S. The SMILES string of the molecule is CC.Cc1cc(NC=O)ccc1O.N=C(CN1CCCC1)N1CCN(c2cccc(-c3cccs3)c2)CC1. The Morgan fingerprint density at radius 1 is 1.00 bits per heavy atom. The third-order valence-electron chi connectivity index (χ3n) is 6.67. The summed E-state index contributed by atoms with van der Waals surface area (Å²) in [7, 11) is 0. The van der Waals surface area contributed by atoms with Crippen molar-refractivity contribution in [2.75, 3.05) is 56.0 Å². The Morgan fingerprint density at radius 2 is 1.74 bits per heavy atom. The molecule has 2 saturated heterocycles. The number of nitrogens with one attached hydrogen (secondary N) is 2. The molecule has 0 saturated carbocycles. The number of likely N-dealkylation sites (tertiary alicyclic amines) is 1. The summed E-state index contributed by atoms with van der Waals surface area (Å²) in [5.41, 5.74) is 4.04. The average molecular weight is 536 g/mol. The molecule has 3 heterocycles. The van der Waals surface area contributed by atoms with Crippen LogP contribution in [-0.4, -0.2) is 73.0 Å². The number of amidine groups is 1. The zero-order valence-electron chi connectivity index (χ0n) is 22.8. The van der Waals surface area contributed by atoms with Crippen molar-refractivity contribution in [1.29, 1.82) is 5.41 Å². The van der Waals surface area contributed by atoms with Gasteiger partial charge in [0.25, 0.3) is 0 Å². The van der Waals surface area contributed by atoms with E-state index in [-0.39, 0.29) is 5.75 Å². The van der Waals surface area contributed by atoms with Crippen molar-refractivity contribution in [2.45, 2.75) is 33.6 Å². The highest BCUT2D eigenvalue weighted by atomic mass is 32.1. The number of hydrogen-bond acceptors (Lipinski definition) is 6. The molecule has 0 atom stereocenters. The first kappa shape index (κ1) is 29.2. The van der Waals surface area contributed by atoms with Gasteiger partial charge >= 0.3 is 0 Å². The van der Waals surface area contributed by atoms with Gasteiger partial charge in [-0.05, 0) is 85.8 Å². The fraction of sp³-hybridized carbons (Fsp3) is 0.400.